The zero-order chi connectivity index (χ0) is 12.3. The minimum absolute atomic E-state index is 0.288. The number of aromatic nitrogens is 1. The van der Waals surface area contributed by atoms with Crippen LogP contribution in [0, 0.1) is 5.82 Å². The molecular formula is C13H10BrClFN. The zero-order valence-corrected chi connectivity index (χ0v) is 11.2. The van der Waals surface area contributed by atoms with Gasteiger partial charge in [-0.05, 0) is 30.3 Å². The molecule has 17 heavy (non-hydrogen) atoms. The number of pyridine rings is 1. The molecule has 0 radical (unpaired) electrons. The second-order valence-electron chi connectivity index (χ2n) is 3.66. The highest BCUT2D eigenvalue weighted by Crippen LogP contribution is 2.28. The molecule has 1 heterocycles. The molecule has 1 nitrogen and oxygen atoms in total. The van der Waals surface area contributed by atoms with Crippen molar-refractivity contribution in [3.05, 3.63) is 64.1 Å². The van der Waals surface area contributed by atoms with Gasteiger partial charge in [-0.15, -0.1) is 11.6 Å². The molecule has 0 saturated heterocycles. The van der Waals surface area contributed by atoms with Crippen LogP contribution in [-0.4, -0.2) is 4.98 Å². The van der Waals surface area contributed by atoms with Crippen LogP contribution in [0.5, 0.6) is 0 Å². The van der Waals surface area contributed by atoms with E-state index in [0.29, 0.717) is 12.0 Å². The van der Waals surface area contributed by atoms with Crippen LogP contribution < -0.4 is 0 Å². The fraction of sp³-hybridized carbons (Fsp3) is 0.154. The van der Waals surface area contributed by atoms with Crippen molar-refractivity contribution in [3.63, 3.8) is 0 Å². The largest absolute Gasteiger partial charge is 0.261 e. The van der Waals surface area contributed by atoms with Gasteiger partial charge >= 0.3 is 0 Å². The summed E-state index contributed by atoms with van der Waals surface area (Å²) in [6.07, 6.45) is 2.21. The predicted octanol–water partition coefficient (Wildman–Crippen LogP) is 4.51. The molecule has 0 N–H and O–H groups in total. The molecule has 0 aliphatic rings. The molecule has 0 fully saturated rings. The first-order chi connectivity index (χ1) is 8.16. The van der Waals surface area contributed by atoms with Gasteiger partial charge in [0.05, 0.1) is 5.38 Å². The first-order valence-electron chi connectivity index (χ1n) is 5.16. The van der Waals surface area contributed by atoms with Gasteiger partial charge in [0.25, 0.3) is 0 Å². The molecule has 4 heteroatoms. The molecule has 0 amide bonds. The second-order valence-corrected chi connectivity index (χ2v) is 5.10. The number of benzene rings is 1. The van der Waals surface area contributed by atoms with Crippen LogP contribution >= 0.6 is 27.5 Å². The molecule has 1 aromatic carbocycles. The van der Waals surface area contributed by atoms with Crippen LogP contribution in [0.25, 0.3) is 0 Å². The van der Waals surface area contributed by atoms with E-state index in [9.17, 15) is 4.39 Å². The average molecular weight is 315 g/mol. The van der Waals surface area contributed by atoms with Crippen molar-refractivity contribution < 1.29 is 4.39 Å². The van der Waals surface area contributed by atoms with Gasteiger partial charge in [0.1, 0.15) is 5.82 Å². The van der Waals surface area contributed by atoms with E-state index in [4.69, 9.17) is 11.6 Å². The Balaban J connectivity index is 2.20. The quantitative estimate of drug-likeness (QED) is 0.760. The van der Waals surface area contributed by atoms with Crippen LogP contribution in [-0.2, 0) is 6.42 Å². The summed E-state index contributed by atoms with van der Waals surface area (Å²) >= 11 is 9.53. The Morgan fingerprint density at radius 1 is 1.29 bits per heavy atom. The molecule has 0 saturated carbocycles. The minimum atomic E-state index is -0.414. The van der Waals surface area contributed by atoms with Crippen LogP contribution in [0.3, 0.4) is 0 Å². The van der Waals surface area contributed by atoms with Crippen LogP contribution in [0.1, 0.15) is 16.6 Å². The predicted molar refractivity (Wildman–Crippen MR) is 70.6 cm³/mol. The van der Waals surface area contributed by atoms with E-state index < -0.39 is 5.38 Å². The van der Waals surface area contributed by atoms with Gasteiger partial charge in [-0.3, -0.25) is 4.98 Å². The lowest BCUT2D eigenvalue weighted by Gasteiger charge is -2.10. The zero-order valence-electron chi connectivity index (χ0n) is 8.91. The highest BCUT2D eigenvalue weighted by molar-refractivity contribution is 9.10. The van der Waals surface area contributed by atoms with E-state index >= 15 is 0 Å². The minimum Gasteiger partial charge on any atom is -0.261 e. The maximum absolute atomic E-state index is 13.6. The summed E-state index contributed by atoms with van der Waals surface area (Å²) in [7, 11) is 0. The van der Waals surface area contributed by atoms with E-state index in [-0.39, 0.29) is 5.82 Å². The molecule has 0 spiro atoms. The summed E-state index contributed by atoms with van der Waals surface area (Å²) in [5.74, 6) is -0.288. The van der Waals surface area contributed by atoms with Gasteiger partial charge in [-0.25, -0.2) is 4.39 Å². The van der Waals surface area contributed by atoms with Gasteiger partial charge in [0.15, 0.2) is 0 Å². The molecule has 0 aliphatic carbocycles. The number of halogens is 3. The van der Waals surface area contributed by atoms with E-state index in [1.807, 2.05) is 18.2 Å². The van der Waals surface area contributed by atoms with Gasteiger partial charge in [0, 0.05) is 28.3 Å². The standard InChI is InChI=1S/C13H10BrClFN/c14-9-4-5-13(16)11(7-9)12(15)8-10-3-1-2-6-17-10/h1-7,12H,8H2. The second kappa shape index (κ2) is 5.61. The van der Waals surface area contributed by atoms with E-state index in [2.05, 4.69) is 20.9 Å². The van der Waals surface area contributed by atoms with Crippen molar-refractivity contribution >= 4 is 27.5 Å². The summed E-state index contributed by atoms with van der Waals surface area (Å²) in [6, 6.07) is 10.4. The molecule has 88 valence electrons. The smallest absolute Gasteiger partial charge is 0.127 e. The van der Waals surface area contributed by atoms with Crippen LogP contribution in [0.15, 0.2) is 47.1 Å². The fourth-order valence-corrected chi connectivity index (χ4v) is 2.27. The molecule has 2 rings (SSSR count). The van der Waals surface area contributed by atoms with Crippen LogP contribution in [0.4, 0.5) is 4.39 Å². The Morgan fingerprint density at radius 3 is 2.82 bits per heavy atom. The third-order valence-corrected chi connectivity index (χ3v) is 3.29. The summed E-state index contributed by atoms with van der Waals surface area (Å²) < 4.78 is 14.4. The summed E-state index contributed by atoms with van der Waals surface area (Å²) in [4.78, 5) is 4.18. The summed E-state index contributed by atoms with van der Waals surface area (Å²) in [5, 5.41) is -0.414. The number of hydrogen-bond donors (Lipinski definition) is 0. The van der Waals surface area contributed by atoms with Crippen molar-refractivity contribution in [3.8, 4) is 0 Å². The van der Waals surface area contributed by atoms with Crippen molar-refractivity contribution in [2.24, 2.45) is 0 Å². The highest BCUT2D eigenvalue weighted by atomic mass is 79.9. The van der Waals surface area contributed by atoms with E-state index in [1.165, 1.54) is 6.07 Å². The van der Waals surface area contributed by atoms with Crippen LogP contribution in [0.2, 0.25) is 0 Å². The summed E-state index contributed by atoms with van der Waals surface area (Å²) in [5.41, 5.74) is 1.35. The molecule has 0 aliphatic heterocycles. The monoisotopic (exact) mass is 313 g/mol. The Bertz CT molecular complexity index is 504. The Hall–Kier alpha value is -0.930. The number of rotatable bonds is 3. The van der Waals surface area contributed by atoms with Crippen molar-refractivity contribution in [1.29, 1.82) is 0 Å². The topological polar surface area (TPSA) is 12.9 Å². The number of hydrogen-bond acceptors (Lipinski definition) is 1. The Labute approximate surface area is 113 Å². The SMILES string of the molecule is Fc1ccc(Br)cc1C(Cl)Cc1ccccn1. The van der Waals surface area contributed by atoms with E-state index in [1.54, 1.807) is 18.3 Å². The first kappa shape index (κ1) is 12.5. The Kier molecular flexibility index (Phi) is 4.13. The number of nitrogens with zero attached hydrogens (tertiary/aromatic N) is 1. The van der Waals surface area contributed by atoms with Gasteiger partial charge in [-0.2, -0.15) is 0 Å². The molecule has 1 unspecified atom stereocenters. The lowest BCUT2D eigenvalue weighted by atomic mass is 10.1. The average Bonchev–Trinajstić information content (AvgIpc) is 2.33. The molecule has 2 aromatic rings. The maximum Gasteiger partial charge on any atom is 0.127 e. The first-order valence-corrected chi connectivity index (χ1v) is 6.38. The van der Waals surface area contributed by atoms with Gasteiger partial charge in [0.2, 0.25) is 0 Å². The van der Waals surface area contributed by atoms with Crippen molar-refractivity contribution in [1.82, 2.24) is 4.98 Å². The number of alkyl halides is 1. The fourth-order valence-electron chi connectivity index (χ4n) is 1.57. The molecular weight excluding hydrogens is 305 g/mol. The Morgan fingerprint density at radius 2 is 2.12 bits per heavy atom. The molecule has 1 aromatic heterocycles. The lowest BCUT2D eigenvalue weighted by Crippen LogP contribution is -2.00. The molecule has 1 atom stereocenters. The third-order valence-electron chi connectivity index (χ3n) is 2.41. The van der Waals surface area contributed by atoms with E-state index in [0.717, 1.165) is 10.2 Å². The lowest BCUT2D eigenvalue weighted by molar-refractivity contribution is 0.604. The third kappa shape index (κ3) is 3.27. The van der Waals surface area contributed by atoms with Crippen molar-refractivity contribution in [2.45, 2.75) is 11.8 Å². The normalized spacial score (nSPS) is 12.4. The summed E-state index contributed by atoms with van der Waals surface area (Å²) in [6.45, 7) is 0. The maximum atomic E-state index is 13.6. The van der Waals surface area contributed by atoms with Gasteiger partial charge in [-0.1, -0.05) is 22.0 Å². The van der Waals surface area contributed by atoms with Crippen molar-refractivity contribution in [2.75, 3.05) is 0 Å². The highest BCUT2D eigenvalue weighted by Gasteiger charge is 2.14. The van der Waals surface area contributed by atoms with Gasteiger partial charge < -0.3 is 0 Å². The molecule has 0 bridgehead atoms.